The highest BCUT2D eigenvalue weighted by molar-refractivity contribution is 9.10. The molecule has 1 unspecified atom stereocenters. The summed E-state index contributed by atoms with van der Waals surface area (Å²) in [5.74, 6) is 0.323. The summed E-state index contributed by atoms with van der Waals surface area (Å²) in [4.78, 5) is 35.6. The van der Waals surface area contributed by atoms with Gasteiger partial charge in [-0.25, -0.2) is 4.98 Å². The predicted molar refractivity (Wildman–Crippen MR) is 124 cm³/mol. The van der Waals surface area contributed by atoms with Crippen molar-refractivity contribution in [1.29, 1.82) is 0 Å². The van der Waals surface area contributed by atoms with Gasteiger partial charge in [-0.3, -0.25) is 9.59 Å². The van der Waals surface area contributed by atoms with Gasteiger partial charge in [-0.1, -0.05) is 58.4 Å². The van der Waals surface area contributed by atoms with Crippen LogP contribution in [0.4, 0.5) is 0 Å². The van der Waals surface area contributed by atoms with E-state index in [-0.39, 0.29) is 17.5 Å². The van der Waals surface area contributed by atoms with Gasteiger partial charge < -0.3 is 15.0 Å². The lowest BCUT2D eigenvalue weighted by Crippen LogP contribution is -2.36. The highest BCUT2D eigenvalue weighted by atomic mass is 79.9. The Bertz CT molecular complexity index is 1220. The average molecular weight is 494 g/mol. The summed E-state index contributed by atoms with van der Waals surface area (Å²) < 4.78 is 0.795. The van der Waals surface area contributed by atoms with Gasteiger partial charge in [0.15, 0.2) is 6.10 Å². The number of rotatable bonds is 4. The third-order valence-electron chi connectivity index (χ3n) is 6.53. The van der Waals surface area contributed by atoms with E-state index in [1.165, 1.54) is 5.56 Å². The molecule has 1 amide bonds. The molecule has 1 aliphatic heterocycles. The molecule has 1 atom stereocenters. The van der Waals surface area contributed by atoms with Crippen molar-refractivity contribution in [2.75, 3.05) is 6.54 Å². The van der Waals surface area contributed by atoms with E-state index in [0.717, 1.165) is 28.8 Å². The van der Waals surface area contributed by atoms with Crippen LogP contribution in [0.1, 0.15) is 53.6 Å². The minimum absolute atomic E-state index is 0.153. The smallest absolute Gasteiger partial charge is 0.256 e. The van der Waals surface area contributed by atoms with E-state index in [9.17, 15) is 14.7 Å². The van der Waals surface area contributed by atoms with Crippen molar-refractivity contribution in [3.63, 3.8) is 0 Å². The molecule has 7 heteroatoms. The molecule has 1 aliphatic carbocycles. The lowest BCUT2D eigenvalue weighted by atomic mass is 9.94. The second-order valence-electron chi connectivity index (χ2n) is 8.61. The maximum Gasteiger partial charge on any atom is 0.256 e. The molecular formula is C25H24BrN3O3. The predicted octanol–water partition coefficient (Wildman–Crippen LogP) is 3.62. The Morgan fingerprint density at radius 3 is 2.66 bits per heavy atom. The van der Waals surface area contributed by atoms with E-state index in [4.69, 9.17) is 4.98 Å². The SMILES string of the molecule is O=C(C(O)c1cccc(Br)c1)N1CCCc2nc(C3(c4ccccc4)CC3)[nH]c(=O)c2C1. The topological polar surface area (TPSA) is 86.3 Å². The van der Waals surface area contributed by atoms with Crippen LogP contribution in [-0.4, -0.2) is 32.4 Å². The number of carbonyl (C=O) groups excluding carboxylic acids is 1. The first-order valence-electron chi connectivity index (χ1n) is 10.9. The molecule has 0 saturated heterocycles. The molecule has 1 saturated carbocycles. The third-order valence-corrected chi connectivity index (χ3v) is 7.02. The number of fused-ring (bicyclic) bond motifs is 1. The van der Waals surface area contributed by atoms with Crippen LogP contribution in [0.25, 0.3) is 0 Å². The molecule has 32 heavy (non-hydrogen) atoms. The fraction of sp³-hybridized carbons (Fsp3) is 0.320. The van der Waals surface area contributed by atoms with Crippen molar-refractivity contribution in [2.24, 2.45) is 0 Å². The van der Waals surface area contributed by atoms with Crippen molar-refractivity contribution >= 4 is 21.8 Å². The summed E-state index contributed by atoms with van der Waals surface area (Å²) in [7, 11) is 0. The number of nitrogens with zero attached hydrogens (tertiary/aromatic N) is 2. The molecule has 0 radical (unpaired) electrons. The van der Waals surface area contributed by atoms with Crippen molar-refractivity contribution in [2.45, 2.75) is 43.7 Å². The number of amides is 1. The van der Waals surface area contributed by atoms with Gasteiger partial charge in [0.25, 0.3) is 11.5 Å². The van der Waals surface area contributed by atoms with Crippen molar-refractivity contribution in [1.82, 2.24) is 14.9 Å². The van der Waals surface area contributed by atoms with Gasteiger partial charge in [-0.15, -0.1) is 0 Å². The lowest BCUT2D eigenvalue weighted by molar-refractivity contribution is -0.141. The second kappa shape index (κ2) is 8.30. The van der Waals surface area contributed by atoms with Crippen LogP contribution in [0, 0.1) is 0 Å². The molecule has 2 aliphatic rings. The van der Waals surface area contributed by atoms with E-state index >= 15 is 0 Å². The van der Waals surface area contributed by atoms with Gasteiger partial charge in [0, 0.05) is 11.0 Å². The van der Waals surface area contributed by atoms with E-state index < -0.39 is 12.0 Å². The molecule has 6 nitrogen and oxygen atoms in total. The number of halogens is 1. The Morgan fingerprint density at radius 1 is 1.16 bits per heavy atom. The Labute approximate surface area is 194 Å². The number of carbonyl (C=O) groups is 1. The molecular weight excluding hydrogens is 470 g/mol. The van der Waals surface area contributed by atoms with Crippen LogP contribution < -0.4 is 5.56 Å². The number of hydrogen-bond acceptors (Lipinski definition) is 4. The number of hydrogen-bond donors (Lipinski definition) is 2. The minimum Gasteiger partial charge on any atom is -0.378 e. The van der Waals surface area contributed by atoms with Crippen LogP contribution in [0.3, 0.4) is 0 Å². The van der Waals surface area contributed by atoms with E-state index in [0.29, 0.717) is 30.5 Å². The zero-order chi connectivity index (χ0) is 22.3. The number of aliphatic hydroxyl groups is 1. The number of benzene rings is 2. The largest absolute Gasteiger partial charge is 0.378 e. The number of nitrogens with one attached hydrogen (secondary N) is 1. The lowest BCUT2D eigenvalue weighted by Gasteiger charge is -2.24. The van der Waals surface area contributed by atoms with Gasteiger partial charge in [-0.2, -0.15) is 0 Å². The summed E-state index contributed by atoms with van der Waals surface area (Å²) in [5.41, 5.74) is 2.57. The van der Waals surface area contributed by atoms with E-state index in [2.05, 4.69) is 33.0 Å². The molecule has 0 spiro atoms. The normalized spacial score (nSPS) is 17.9. The zero-order valence-electron chi connectivity index (χ0n) is 17.6. The number of aliphatic hydroxyl groups excluding tert-OH is 1. The van der Waals surface area contributed by atoms with E-state index in [1.54, 1.807) is 23.1 Å². The molecule has 1 aromatic heterocycles. The zero-order valence-corrected chi connectivity index (χ0v) is 19.1. The second-order valence-corrected chi connectivity index (χ2v) is 9.52. The maximum absolute atomic E-state index is 13.1. The first-order chi connectivity index (χ1) is 15.5. The number of H-pyrrole nitrogens is 1. The van der Waals surface area contributed by atoms with Crippen LogP contribution in [0.15, 0.2) is 63.9 Å². The molecule has 3 aromatic rings. The van der Waals surface area contributed by atoms with Crippen molar-refractivity contribution in [3.05, 3.63) is 97.6 Å². The average Bonchev–Trinajstić information content (AvgIpc) is 3.63. The summed E-state index contributed by atoms with van der Waals surface area (Å²) in [6, 6.07) is 17.3. The monoisotopic (exact) mass is 493 g/mol. The summed E-state index contributed by atoms with van der Waals surface area (Å²) in [6.45, 7) is 0.624. The van der Waals surface area contributed by atoms with Gasteiger partial charge in [0.2, 0.25) is 0 Å². The number of aryl methyl sites for hydroxylation is 1. The Morgan fingerprint density at radius 2 is 1.94 bits per heavy atom. The molecule has 164 valence electrons. The Hall–Kier alpha value is -2.77. The number of aromatic nitrogens is 2. The first kappa shape index (κ1) is 21.1. The van der Waals surface area contributed by atoms with Gasteiger partial charge in [-0.05, 0) is 48.9 Å². The molecule has 2 aromatic carbocycles. The highest BCUT2D eigenvalue weighted by Crippen LogP contribution is 2.51. The van der Waals surface area contributed by atoms with Crippen LogP contribution >= 0.6 is 15.9 Å². The van der Waals surface area contributed by atoms with Gasteiger partial charge in [0.1, 0.15) is 5.82 Å². The number of aromatic amines is 1. The quantitative estimate of drug-likeness (QED) is 0.580. The van der Waals surface area contributed by atoms with Gasteiger partial charge in [0.05, 0.1) is 23.2 Å². The minimum atomic E-state index is -1.27. The molecule has 0 bridgehead atoms. The highest BCUT2D eigenvalue weighted by Gasteiger charge is 2.48. The van der Waals surface area contributed by atoms with Crippen LogP contribution in [0.5, 0.6) is 0 Å². The molecule has 2 heterocycles. The first-order valence-corrected chi connectivity index (χ1v) is 11.7. The summed E-state index contributed by atoms with van der Waals surface area (Å²) in [6.07, 6.45) is 1.98. The van der Waals surface area contributed by atoms with Gasteiger partial charge >= 0.3 is 0 Å². The summed E-state index contributed by atoms with van der Waals surface area (Å²) >= 11 is 3.37. The van der Waals surface area contributed by atoms with Crippen molar-refractivity contribution in [3.8, 4) is 0 Å². The van der Waals surface area contributed by atoms with E-state index in [1.807, 2.05) is 24.3 Å². The third kappa shape index (κ3) is 3.80. The van der Waals surface area contributed by atoms with Crippen LogP contribution in [0.2, 0.25) is 0 Å². The fourth-order valence-electron chi connectivity index (χ4n) is 4.57. The standard InChI is InChI=1S/C25H24BrN3O3/c26-18-9-4-6-16(14-18)21(30)23(32)29-13-5-10-20-19(15-29)22(31)28-24(27-20)25(11-12-25)17-7-2-1-3-8-17/h1-4,6-9,14,21,30H,5,10-13,15H2,(H,27,28,31). The maximum atomic E-state index is 13.1. The Balaban J connectivity index is 1.43. The van der Waals surface area contributed by atoms with Crippen LogP contribution in [-0.2, 0) is 23.2 Å². The van der Waals surface area contributed by atoms with Crippen molar-refractivity contribution < 1.29 is 9.90 Å². The Kier molecular flexibility index (Phi) is 5.47. The molecule has 5 rings (SSSR count). The fourth-order valence-corrected chi connectivity index (χ4v) is 4.99. The summed E-state index contributed by atoms with van der Waals surface area (Å²) in [5, 5.41) is 10.6. The molecule has 2 N–H and O–H groups in total. The molecule has 1 fully saturated rings.